The van der Waals surface area contributed by atoms with E-state index in [1.165, 1.54) is 141 Å². The van der Waals surface area contributed by atoms with Crippen LogP contribution >= 0.6 is 0 Å². The van der Waals surface area contributed by atoms with Crippen molar-refractivity contribution in [1.82, 2.24) is 5.32 Å². The maximum absolute atomic E-state index is 13.0. The van der Waals surface area contributed by atoms with Gasteiger partial charge in [-0.15, -0.1) is 0 Å². The molecule has 0 radical (unpaired) electrons. The van der Waals surface area contributed by atoms with Crippen molar-refractivity contribution in [3.63, 3.8) is 0 Å². The molecule has 336 valence electrons. The lowest BCUT2D eigenvalue weighted by molar-refractivity contribution is -0.302. The van der Waals surface area contributed by atoms with Gasteiger partial charge < -0.3 is 45.4 Å². The predicted octanol–water partition coefficient (Wildman–Crippen LogP) is 8.86. The summed E-state index contributed by atoms with van der Waals surface area (Å²) in [5, 5.41) is 64.6. The first-order valence-electron chi connectivity index (χ1n) is 23.7. The molecule has 1 aliphatic heterocycles. The number of carbonyl (C=O) groups is 1. The molecule has 1 saturated heterocycles. The van der Waals surface area contributed by atoms with E-state index in [4.69, 9.17) is 9.47 Å². The summed E-state index contributed by atoms with van der Waals surface area (Å²) < 4.78 is 11.1. The Balaban J connectivity index is 2.43. The van der Waals surface area contributed by atoms with Crippen molar-refractivity contribution >= 4 is 5.91 Å². The molecule has 8 unspecified atom stereocenters. The van der Waals surface area contributed by atoms with E-state index in [9.17, 15) is 35.4 Å². The van der Waals surface area contributed by atoms with Gasteiger partial charge in [0.25, 0.3) is 0 Å². The number of amides is 1. The average Bonchev–Trinajstić information content (AvgIpc) is 3.21. The van der Waals surface area contributed by atoms with Crippen molar-refractivity contribution < 1.29 is 44.9 Å². The van der Waals surface area contributed by atoms with Crippen LogP contribution in [0.15, 0.2) is 24.3 Å². The topological polar surface area (TPSA) is 169 Å². The number of aliphatic hydroxyl groups excluding tert-OH is 6. The lowest BCUT2D eigenvalue weighted by atomic mass is 9.99. The molecule has 0 spiro atoms. The van der Waals surface area contributed by atoms with Crippen LogP contribution in [0.4, 0.5) is 0 Å². The number of nitrogens with one attached hydrogen (secondary N) is 1. The van der Waals surface area contributed by atoms with Crippen molar-refractivity contribution in [2.75, 3.05) is 13.2 Å². The van der Waals surface area contributed by atoms with E-state index in [-0.39, 0.29) is 6.61 Å². The van der Waals surface area contributed by atoms with Crippen LogP contribution in [0.3, 0.4) is 0 Å². The van der Waals surface area contributed by atoms with Crippen molar-refractivity contribution in [2.24, 2.45) is 0 Å². The molecule has 1 rings (SSSR count). The summed E-state index contributed by atoms with van der Waals surface area (Å²) in [5.74, 6) is -0.624. The van der Waals surface area contributed by atoms with Gasteiger partial charge in [-0.3, -0.25) is 4.79 Å². The van der Waals surface area contributed by atoms with Crippen LogP contribution in [-0.2, 0) is 14.3 Å². The minimum absolute atomic E-state index is 0.307. The third-order valence-electron chi connectivity index (χ3n) is 11.4. The van der Waals surface area contributed by atoms with E-state index in [0.29, 0.717) is 19.3 Å². The Hall–Kier alpha value is -1.37. The van der Waals surface area contributed by atoms with Gasteiger partial charge in [-0.2, -0.15) is 0 Å². The zero-order valence-corrected chi connectivity index (χ0v) is 36.5. The van der Waals surface area contributed by atoms with Gasteiger partial charge in [0.15, 0.2) is 6.29 Å². The fraction of sp³-hybridized carbons (Fsp3) is 0.894. The number of hydrogen-bond donors (Lipinski definition) is 7. The van der Waals surface area contributed by atoms with Crippen molar-refractivity contribution in [3.8, 4) is 0 Å². The second kappa shape index (κ2) is 37.6. The van der Waals surface area contributed by atoms with E-state index in [1.807, 2.05) is 6.08 Å². The van der Waals surface area contributed by atoms with E-state index < -0.39 is 61.5 Å². The summed E-state index contributed by atoms with van der Waals surface area (Å²) in [6.45, 7) is 3.59. The fourth-order valence-electron chi connectivity index (χ4n) is 7.47. The maximum Gasteiger partial charge on any atom is 0.249 e. The highest BCUT2D eigenvalue weighted by molar-refractivity contribution is 5.80. The first kappa shape index (κ1) is 53.6. The van der Waals surface area contributed by atoms with Crippen LogP contribution in [0.5, 0.6) is 0 Å². The van der Waals surface area contributed by atoms with Gasteiger partial charge in [-0.1, -0.05) is 199 Å². The Labute approximate surface area is 348 Å². The molecule has 1 heterocycles. The molecular weight excluding hydrogens is 723 g/mol. The van der Waals surface area contributed by atoms with E-state index in [1.54, 1.807) is 6.08 Å². The van der Waals surface area contributed by atoms with Crippen molar-refractivity contribution in [2.45, 2.75) is 255 Å². The molecule has 10 nitrogen and oxygen atoms in total. The molecule has 1 amide bonds. The van der Waals surface area contributed by atoms with E-state index in [2.05, 4.69) is 31.3 Å². The monoisotopic (exact) mass is 812 g/mol. The maximum atomic E-state index is 13.0. The number of aliphatic hydroxyl groups is 6. The highest BCUT2D eigenvalue weighted by Gasteiger charge is 2.44. The summed E-state index contributed by atoms with van der Waals surface area (Å²) in [5.41, 5.74) is 0. The van der Waals surface area contributed by atoms with Crippen LogP contribution in [-0.4, -0.2) is 98.7 Å². The minimum Gasteiger partial charge on any atom is -0.394 e. The number of ether oxygens (including phenoxy) is 2. The average molecular weight is 812 g/mol. The third kappa shape index (κ3) is 27.9. The van der Waals surface area contributed by atoms with E-state index in [0.717, 1.165) is 32.1 Å². The summed E-state index contributed by atoms with van der Waals surface area (Å²) >= 11 is 0. The fourth-order valence-corrected chi connectivity index (χ4v) is 7.47. The van der Waals surface area contributed by atoms with Crippen LogP contribution in [0, 0.1) is 0 Å². The number of carbonyl (C=O) groups excluding carboxylic acids is 1. The third-order valence-corrected chi connectivity index (χ3v) is 11.4. The van der Waals surface area contributed by atoms with Crippen LogP contribution in [0.1, 0.15) is 206 Å². The molecular formula is C47H89NO9. The Morgan fingerprint density at radius 2 is 1.04 bits per heavy atom. The molecule has 10 heteroatoms. The molecule has 1 fully saturated rings. The van der Waals surface area contributed by atoms with Gasteiger partial charge >= 0.3 is 0 Å². The van der Waals surface area contributed by atoms with E-state index >= 15 is 0 Å². The lowest BCUT2D eigenvalue weighted by Gasteiger charge is -2.40. The first-order chi connectivity index (χ1) is 27.8. The molecule has 0 aliphatic carbocycles. The van der Waals surface area contributed by atoms with Gasteiger partial charge in [0.2, 0.25) is 5.91 Å². The molecule has 57 heavy (non-hydrogen) atoms. The Morgan fingerprint density at radius 3 is 1.53 bits per heavy atom. The molecule has 0 aromatic rings. The molecule has 1 aliphatic rings. The highest BCUT2D eigenvalue weighted by atomic mass is 16.7. The highest BCUT2D eigenvalue weighted by Crippen LogP contribution is 2.23. The standard InChI is InChI=1S/C47H89NO9/c1-3-5-7-9-11-13-15-17-19-20-22-23-25-27-29-31-33-35-40(50)39(38-56-47-45(54)44(53)43(52)42(37-49)57-47)48-46(55)41(51)36-34-32-30-28-26-24-21-18-16-14-12-10-8-6-4-2/h25,27,33,35,39-45,47,49-54H,3-24,26,28-32,34,36-38H2,1-2H3,(H,48,55)/b27-25+,35-33+. The normalized spacial score (nSPS) is 21.7. The zero-order valence-electron chi connectivity index (χ0n) is 36.5. The predicted molar refractivity (Wildman–Crippen MR) is 232 cm³/mol. The number of hydrogen-bond acceptors (Lipinski definition) is 9. The number of rotatable bonds is 39. The first-order valence-corrected chi connectivity index (χ1v) is 23.7. The van der Waals surface area contributed by atoms with Crippen LogP contribution in [0.2, 0.25) is 0 Å². The van der Waals surface area contributed by atoms with Gasteiger partial charge in [0.1, 0.15) is 30.5 Å². The summed E-state index contributed by atoms with van der Waals surface area (Å²) in [4.78, 5) is 13.0. The smallest absolute Gasteiger partial charge is 0.249 e. The van der Waals surface area contributed by atoms with Gasteiger partial charge in [-0.05, 0) is 32.1 Å². The molecule has 8 atom stereocenters. The number of unbranched alkanes of at least 4 members (excludes halogenated alkanes) is 26. The molecule has 0 aromatic heterocycles. The quantitative estimate of drug-likeness (QED) is 0.0237. The minimum atomic E-state index is -1.61. The second-order valence-corrected chi connectivity index (χ2v) is 16.7. The van der Waals surface area contributed by atoms with Crippen molar-refractivity contribution in [3.05, 3.63) is 24.3 Å². The number of allylic oxidation sites excluding steroid dienone is 3. The largest absolute Gasteiger partial charge is 0.394 e. The van der Waals surface area contributed by atoms with Crippen LogP contribution in [0.25, 0.3) is 0 Å². The lowest BCUT2D eigenvalue weighted by Crippen LogP contribution is -2.60. The van der Waals surface area contributed by atoms with Crippen LogP contribution < -0.4 is 5.32 Å². The van der Waals surface area contributed by atoms with Gasteiger partial charge in [0, 0.05) is 0 Å². The summed E-state index contributed by atoms with van der Waals surface area (Å²) in [7, 11) is 0. The second-order valence-electron chi connectivity index (χ2n) is 16.7. The zero-order chi connectivity index (χ0) is 41.8. The van der Waals surface area contributed by atoms with Crippen molar-refractivity contribution in [1.29, 1.82) is 0 Å². The summed E-state index contributed by atoms with van der Waals surface area (Å²) in [6.07, 6.45) is 34.0. The molecule has 7 N–H and O–H groups in total. The SMILES string of the molecule is CCCCCCCCCCCCC/C=C/CC/C=C/C(O)C(COC1OC(CO)C(O)C(O)C1O)NC(=O)C(O)CCCCCCCCCCCCCCCCC. The summed E-state index contributed by atoms with van der Waals surface area (Å²) in [6, 6.07) is -0.992. The molecule has 0 saturated carbocycles. The van der Waals surface area contributed by atoms with Gasteiger partial charge in [0.05, 0.1) is 25.4 Å². The van der Waals surface area contributed by atoms with Gasteiger partial charge in [-0.25, -0.2) is 0 Å². The molecule has 0 bridgehead atoms. The molecule has 0 aromatic carbocycles. The Bertz CT molecular complexity index is 963. The Morgan fingerprint density at radius 1 is 0.596 bits per heavy atom. The Kier molecular flexibility index (Phi) is 35.4.